The van der Waals surface area contributed by atoms with Crippen LogP contribution in [0.3, 0.4) is 0 Å². The molecule has 94 valence electrons. The fourth-order valence-corrected chi connectivity index (χ4v) is 2.60. The molecular formula is C14H22N2O. The Hall–Kier alpha value is -0.930. The van der Waals surface area contributed by atoms with E-state index in [0.29, 0.717) is 12.0 Å². The standard InChI is InChI=1S/C14H22N2O/c1-3-16-14(12-5-8-17-9-6-12)13-10-15-7-4-11(13)2/h4,7,10,12,14,16H,3,5-6,8-9H2,1-2H3. The van der Waals surface area contributed by atoms with E-state index in [1.807, 2.05) is 12.4 Å². The minimum atomic E-state index is 0.428. The van der Waals surface area contributed by atoms with Crippen molar-refractivity contribution in [3.05, 3.63) is 29.6 Å². The molecule has 0 saturated carbocycles. The van der Waals surface area contributed by atoms with Crippen LogP contribution in [0.4, 0.5) is 0 Å². The SMILES string of the molecule is CCNC(c1cnccc1C)C1CCOCC1. The molecule has 1 N–H and O–H groups in total. The van der Waals surface area contributed by atoms with Crippen LogP contribution in [0, 0.1) is 12.8 Å². The second-order valence-electron chi connectivity index (χ2n) is 4.72. The van der Waals surface area contributed by atoms with Crippen molar-refractivity contribution in [2.24, 2.45) is 5.92 Å². The van der Waals surface area contributed by atoms with Crippen molar-refractivity contribution in [3.8, 4) is 0 Å². The van der Waals surface area contributed by atoms with E-state index < -0.39 is 0 Å². The molecule has 0 bridgehead atoms. The number of nitrogens with zero attached hydrogens (tertiary/aromatic N) is 1. The van der Waals surface area contributed by atoms with Gasteiger partial charge in [0.2, 0.25) is 0 Å². The third kappa shape index (κ3) is 3.05. The number of hydrogen-bond donors (Lipinski definition) is 1. The molecule has 1 saturated heterocycles. The lowest BCUT2D eigenvalue weighted by atomic mass is 9.86. The Morgan fingerprint density at radius 1 is 1.47 bits per heavy atom. The Kier molecular flexibility index (Phi) is 4.51. The van der Waals surface area contributed by atoms with Gasteiger partial charge in [-0.1, -0.05) is 6.92 Å². The first-order valence-corrected chi connectivity index (χ1v) is 6.54. The first-order valence-electron chi connectivity index (χ1n) is 6.54. The number of hydrogen-bond acceptors (Lipinski definition) is 3. The van der Waals surface area contributed by atoms with Crippen LogP contribution < -0.4 is 5.32 Å². The van der Waals surface area contributed by atoms with Gasteiger partial charge in [-0.3, -0.25) is 4.98 Å². The summed E-state index contributed by atoms with van der Waals surface area (Å²) in [6.45, 7) is 7.12. The molecule has 1 aromatic rings. The number of pyridine rings is 1. The summed E-state index contributed by atoms with van der Waals surface area (Å²) in [6, 6.07) is 2.52. The van der Waals surface area contributed by atoms with Crippen LogP contribution in [0.2, 0.25) is 0 Å². The zero-order chi connectivity index (χ0) is 12.1. The molecular weight excluding hydrogens is 212 g/mol. The first kappa shape index (κ1) is 12.5. The third-order valence-corrected chi connectivity index (χ3v) is 3.58. The molecule has 0 spiro atoms. The van der Waals surface area contributed by atoms with Gasteiger partial charge in [0.15, 0.2) is 0 Å². The number of ether oxygens (including phenoxy) is 1. The molecule has 1 aromatic heterocycles. The maximum atomic E-state index is 5.45. The second kappa shape index (κ2) is 6.12. The quantitative estimate of drug-likeness (QED) is 0.869. The van der Waals surface area contributed by atoms with Crippen LogP contribution in [-0.4, -0.2) is 24.7 Å². The number of aryl methyl sites for hydroxylation is 1. The molecule has 0 radical (unpaired) electrons. The molecule has 0 amide bonds. The summed E-state index contributed by atoms with van der Waals surface area (Å²) in [6.07, 6.45) is 6.17. The number of rotatable bonds is 4. The van der Waals surface area contributed by atoms with E-state index in [9.17, 15) is 0 Å². The molecule has 3 heteroatoms. The molecule has 1 unspecified atom stereocenters. The van der Waals surface area contributed by atoms with E-state index in [1.165, 1.54) is 11.1 Å². The number of aromatic nitrogens is 1. The van der Waals surface area contributed by atoms with Crippen molar-refractivity contribution in [1.29, 1.82) is 0 Å². The molecule has 1 aliphatic heterocycles. The minimum Gasteiger partial charge on any atom is -0.381 e. The normalized spacial score (nSPS) is 19.2. The van der Waals surface area contributed by atoms with E-state index in [2.05, 4.69) is 30.2 Å². The van der Waals surface area contributed by atoms with Gasteiger partial charge in [0.1, 0.15) is 0 Å². The van der Waals surface area contributed by atoms with Crippen LogP contribution >= 0.6 is 0 Å². The van der Waals surface area contributed by atoms with E-state index >= 15 is 0 Å². The van der Waals surface area contributed by atoms with Crippen LogP contribution in [0.15, 0.2) is 18.5 Å². The summed E-state index contributed by atoms with van der Waals surface area (Å²) in [7, 11) is 0. The van der Waals surface area contributed by atoms with Crippen molar-refractivity contribution < 1.29 is 4.74 Å². The van der Waals surface area contributed by atoms with Crippen molar-refractivity contribution in [3.63, 3.8) is 0 Å². The van der Waals surface area contributed by atoms with Crippen molar-refractivity contribution >= 4 is 0 Å². The highest BCUT2D eigenvalue weighted by molar-refractivity contribution is 5.25. The van der Waals surface area contributed by atoms with Gasteiger partial charge < -0.3 is 10.1 Å². The highest BCUT2D eigenvalue weighted by Gasteiger charge is 2.25. The summed E-state index contributed by atoms with van der Waals surface area (Å²) in [5, 5.41) is 3.61. The molecule has 1 aliphatic rings. The van der Waals surface area contributed by atoms with Gasteiger partial charge in [0.05, 0.1) is 0 Å². The summed E-state index contributed by atoms with van der Waals surface area (Å²) in [4.78, 5) is 4.27. The lowest BCUT2D eigenvalue weighted by molar-refractivity contribution is 0.0537. The molecule has 1 atom stereocenters. The van der Waals surface area contributed by atoms with E-state index in [-0.39, 0.29) is 0 Å². The average Bonchev–Trinajstić information content (AvgIpc) is 2.38. The van der Waals surface area contributed by atoms with Crippen LogP contribution in [0.1, 0.15) is 36.9 Å². The van der Waals surface area contributed by atoms with Gasteiger partial charge >= 0.3 is 0 Å². The van der Waals surface area contributed by atoms with Gasteiger partial charge in [0, 0.05) is 31.6 Å². The Labute approximate surface area is 104 Å². The van der Waals surface area contributed by atoms with Crippen LogP contribution in [0.25, 0.3) is 0 Å². The Bertz CT molecular complexity index is 348. The smallest absolute Gasteiger partial charge is 0.0469 e. The van der Waals surface area contributed by atoms with E-state index in [0.717, 1.165) is 32.6 Å². The third-order valence-electron chi connectivity index (χ3n) is 3.58. The highest BCUT2D eigenvalue weighted by atomic mass is 16.5. The fraction of sp³-hybridized carbons (Fsp3) is 0.643. The predicted molar refractivity (Wildman–Crippen MR) is 68.9 cm³/mol. The summed E-state index contributed by atoms with van der Waals surface area (Å²) in [5.41, 5.74) is 2.68. The predicted octanol–water partition coefficient (Wildman–Crippen LogP) is 2.47. The topological polar surface area (TPSA) is 34.2 Å². The van der Waals surface area contributed by atoms with Crippen LogP contribution in [-0.2, 0) is 4.74 Å². The largest absolute Gasteiger partial charge is 0.381 e. The average molecular weight is 234 g/mol. The van der Waals surface area contributed by atoms with E-state index in [1.54, 1.807) is 0 Å². The Balaban J connectivity index is 2.18. The van der Waals surface area contributed by atoms with Crippen LogP contribution in [0.5, 0.6) is 0 Å². The molecule has 2 rings (SSSR count). The monoisotopic (exact) mass is 234 g/mol. The zero-order valence-electron chi connectivity index (χ0n) is 10.8. The van der Waals surface area contributed by atoms with Gasteiger partial charge in [-0.15, -0.1) is 0 Å². The lowest BCUT2D eigenvalue weighted by Crippen LogP contribution is -2.32. The van der Waals surface area contributed by atoms with Gasteiger partial charge in [-0.2, -0.15) is 0 Å². The Morgan fingerprint density at radius 2 is 2.24 bits per heavy atom. The summed E-state index contributed by atoms with van der Waals surface area (Å²) >= 11 is 0. The summed E-state index contributed by atoms with van der Waals surface area (Å²) in [5.74, 6) is 0.673. The maximum Gasteiger partial charge on any atom is 0.0469 e. The molecule has 1 fully saturated rings. The summed E-state index contributed by atoms with van der Waals surface area (Å²) < 4.78 is 5.45. The Morgan fingerprint density at radius 3 is 2.88 bits per heavy atom. The van der Waals surface area contributed by atoms with Crippen molar-refractivity contribution in [2.75, 3.05) is 19.8 Å². The van der Waals surface area contributed by atoms with Gasteiger partial charge in [-0.05, 0) is 49.4 Å². The second-order valence-corrected chi connectivity index (χ2v) is 4.72. The zero-order valence-corrected chi connectivity index (χ0v) is 10.8. The van der Waals surface area contributed by atoms with Crippen molar-refractivity contribution in [1.82, 2.24) is 10.3 Å². The molecule has 17 heavy (non-hydrogen) atoms. The van der Waals surface area contributed by atoms with Gasteiger partial charge in [0.25, 0.3) is 0 Å². The van der Waals surface area contributed by atoms with Gasteiger partial charge in [-0.25, -0.2) is 0 Å². The van der Waals surface area contributed by atoms with Crippen molar-refractivity contribution in [2.45, 2.75) is 32.7 Å². The highest BCUT2D eigenvalue weighted by Crippen LogP contribution is 2.31. The molecule has 0 aromatic carbocycles. The molecule has 0 aliphatic carbocycles. The van der Waals surface area contributed by atoms with E-state index in [4.69, 9.17) is 4.74 Å². The molecule has 2 heterocycles. The number of nitrogens with one attached hydrogen (secondary N) is 1. The minimum absolute atomic E-state index is 0.428. The fourth-order valence-electron chi connectivity index (χ4n) is 2.60. The lowest BCUT2D eigenvalue weighted by Gasteiger charge is -2.31. The first-order chi connectivity index (χ1) is 8.33. The molecule has 3 nitrogen and oxygen atoms in total. The maximum absolute atomic E-state index is 5.45.